The van der Waals surface area contributed by atoms with Gasteiger partial charge < -0.3 is 39.0 Å². The van der Waals surface area contributed by atoms with Crippen molar-refractivity contribution < 1.29 is 23.7 Å². The van der Waals surface area contributed by atoms with E-state index >= 15 is 0 Å². The van der Waals surface area contributed by atoms with Gasteiger partial charge in [-0.1, -0.05) is 173 Å². The molecule has 1 amide bonds. The number of piperidine rings is 2. The largest absolute Gasteiger partial charge is 0.486 e. The summed E-state index contributed by atoms with van der Waals surface area (Å²) in [6, 6.07) is 49.3. The first kappa shape index (κ1) is 103. The third kappa shape index (κ3) is 26.8. The van der Waals surface area contributed by atoms with Crippen molar-refractivity contribution in [2.75, 3.05) is 103 Å². The van der Waals surface area contributed by atoms with Crippen LogP contribution in [-0.4, -0.2) is 200 Å². The molecule has 4 unspecified atom stereocenters. The number of halogens is 8. The predicted molar refractivity (Wildman–Crippen MR) is 584 cm³/mol. The van der Waals surface area contributed by atoms with Crippen LogP contribution in [0.1, 0.15) is 165 Å². The molecule has 14 heterocycles. The lowest BCUT2D eigenvalue weighted by Gasteiger charge is -2.33. The molecule has 0 saturated carbocycles. The summed E-state index contributed by atoms with van der Waals surface area (Å²) in [5, 5.41) is 40.8. The Morgan fingerprint density at radius 2 is 0.799 bits per heavy atom. The van der Waals surface area contributed by atoms with Gasteiger partial charge in [0.2, 0.25) is 5.91 Å². The van der Waals surface area contributed by atoms with Crippen LogP contribution >= 0.6 is 92.8 Å². The van der Waals surface area contributed by atoms with E-state index in [4.69, 9.17) is 112 Å². The Morgan fingerprint density at radius 3 is 1.19 bits per heavy atom. The van der Waals surface area contributed by atoms with E-state index < -0.39 is 0 Å². The number of fused-ring (bicyclic) bond motifs is 4. The molecule has 5 atom stereocenters. The quantitative estimate of drug-likeness (QED) is 0.0305. The number of nitrogens with one attached hydrogen (secondary N) is 5. The fourth-order valence-corrected chi connectivity index (χ4v) is 20.8. The molecule has 34 heteroatoms. The third-order valence-corrected chi connectivity index (χ3v) is 28.7. The van der Waals surface area contributed by atoms with Crippen molar-refractivity contribution in [3.05, 3.63) is 315 Å². The lowest BCUT2D eigenvalue weighted by atomic mass is 9.99. The van der Waals surface area contributed by atoms with Gasteiger partial charge >= 0.3 is 0 Å². The number of ether oxygens (including phenoxy) is 4. The predicted octanol–water partition coefficient (Wildman–Crippen LogP) is 26.1. The molecule has 0 radical (unpaired) electrons. The number of nitrogens with zero attached hydrogens (tertiary/aromatic N) is 16. The smallest absolute Gasteiger partial charge is 0.239 e. The number of hydrogen-bond acceptors (Lipinski definition) is 21. The number of amides is 1. The second kappa shape index (κ2) is 48.7. The molecule has 4 aliphatic rings. The molecule has 4 aliphatic heterocycles. The lowest BCUT2D eigenvalue weighted by Crippen LogP contribution is -2.44. The second-order valence-corrected chi connectivity index (χ2v) is 40.2. The molecule has 16 aromatic rings. The number of rotatable bonds is 28. The van der Waals surface area contributed by atoms with Crippen LogP contribution in [0.3, 0.4) is 0 Å². The number of benzene rings is 6. The minimum atomic E-state index is -0.379. The van der Waals surface area contributed by atoms with Crippen molar-refractivity contribution in [2.24, 2.45) is 5.92 Å². The zero-order valence-electron chi connectivity index (χ0n) is 81.2. The zero-order valence-corrected chi connectivity index (χ0v) is 87.3. The number of piperazine rings is 1. The van der Waals surface area contributed by atoms with Gasteiger partial charge in [-0.2, -0.15) is 20.4 Å². The Hall–Kier alpha value is -12.1. The first-order valence-corrected chi connectivity index (χ1v) is 51.3. The van der Waals surface area contributed by atoms with Crippen molar-refractivity contribution in [1.29, 1.82) is 0 Å². The van der Waals surface area contributed by atoms with Crippen LogP contribution < -0.4 is 29.2 Å². The summed E-state index contributed by atoms with van der Waals surface area (Å²) in [5.41, 5.74) is 16.6. The van der Waals surface area contributed by atoms with Gasteiger partial charge in [0.05, 0.1) is 85.9 Å². The lowest BCUT2D eigenvalue weighted by molar-refractivity contribution is -0.117. The number of H-pyrrole nitrogens is 4. The summed E-state index contributed by atoms with van der Waals surface area (Å²) in [4.78, 5) is 51.8. The molecule has 0 aliphatic carbocycles. The number of pyridine rings is 6. The van der Waals surface area contributed by atoms with E-state index in [0.717, 1.165) is 190 Å². The molecule has 20 rings (SSSR count). The number of likely N-dealkylation sites (tertiary alicyclic amines) is 3. The highest BCUT2D eigenvalue weighted by atomic mass is 35.5. The average Bonchev–Trinajstić information content (AvgIpc) is 1.75. The first-order valence-electron chi connectivity index (χ1n) is 48.2. The molecule has 0 spiro atoms. The molecule has 744 valence electrons. The van der Waals surface area contributed by atoms with Gasteiger partial charge in [-0.15, -0.1) is 0 Å². The van der Waals surface area contributed by atoms with E-state index in [9.17, 15) is 4.79 Å². The van der Waals surface area contributed by atoms with Crippen molar-refractivity contribution in [1.82, 2.24) is 95.2 Å². The van der Waals surface area contributed by atoms with E-state index in [1.54, 1.807) is 61.8 Å². The number of anilines is 2. The topological polar surface area (TPSA) is 278 Å². The highest BCUT2D eigenvalue weighted by molar-refractivity contribution is 6.37. The van der Waals surface area contributed by atoms with E-state index in [-0.39, 0.29) is 30.3 Å². The average molecular weight is 2090 g/mol. The van der Waals surface area contributed by atoms with E-state index in [0.29, 0.717) is 92.7 Å². The van der Waals surface area contributed by atoms with Crippen LogP contribution in [0, 0.1) is 5.92 Å². The van der Waals surface area contributed by atoms with Crippen LogP contribution in [0.25, 0.3) is 91.3 Å². The van der Waals surface area contributed by atoms with Crippen LogP contribution in [0.15, 0.2) is 208 Å². The highest BCUT2D eigenvalue weighted by Crippen LogP contribution is 2.41. The fourth-order valence-electron chi connectivity index (χ4n) is 18.2. The number of aromatic nitrogens is 14. The minimum Gasteiger partial charge on any atom is -0.486 e. The maximum atomic E-state index is 12.4. The minimum absolute atomic E-state index is 0.0484. The molecule has 4 fully saturated rings. The van der Waals surface area contributed by atoms with Gasteiger partial charge in [-0.3, -0.25) is 59.8 Å². The van der Waals surface area contributed by atoms with Gasteiger partial charge in [0.15, 0.2) is 0 Å². The zero-order chi connectivity index (χ0) is 100. The summed E-state index contributed by atoms with van der Waals surface area (Å²) in [5.74, 6) is 5.12. The molecule has 5 N–H and O–H groups in total. The number of carbonyl (C=O) groups is 1. The maximum Gasteiger partial charge on any atom is 0.239 e. The van der Waals surface area contributed by atoms with Crippen molar-refractivity contribution in [3.63, 3.8) is 0 Å². The van der Waals surface area contributed by atoms with Gasteiger partial charge in [-0.25, -0.2) is 9.97 Å². The van der Waals surface area contributed by atoms with Crippen LogP contribution in [0.2, 0.25) is 40.2 Å². The second-order valence-electron chi connectivity index (χ2n) is 37.0. The van der Waals surface area contributed by atoms with Gasteiger partial charge in [0, 0.05) is 170 Å². The summed E-state index contributed by atoms with van der Waals surface area (Å²) >= 11 is 50.4. The van der Waals surface area contributed by atoms with Crippen LogP contribution in [0.4, 0.5) is 11.6 Å². The molecule has 144 heavy (non-hydrogen) atoms. The fraction of sp³-hybridized carbons (Fsp3) is 0.300. The number of hydrogen-bond donors (Lipinski definition) is 5. The van der Waals surface area contributed by atoms with Crippen molar-refractivity contribution in [3.8, 4) is 34.3 Å². The van der Waals surface area contributed by atoms with Gasteiger partial charge in [0.25, 0.3) is 0 Å². The molecule has 4 saturated heterocycles. The Kier molecular flexibility index (Phi) is 35.0. The van der Waals surface area contributed by atoms with Crippen molar-refractivity contribution in [2.45, 2.75) is 117 Å². The van der Waals surface area contributed by atoms with E-state index in [1.165, 1.54) is 49.9 Å². The monoisotopic (exact) mass is 2090 g/mol. The maximum absolute atomic E-state index is 12.4. The van der Waals surface area contributed by atoms with E-state index in [2.05, 4.69) is 206 Å². The van der Waals surface area contributed by atoms with Gasteiger partial charge in [0.1, 0.15) is 64.7 Å². The standard InChI is InChI=1S/C29H31Cl2N5O.C29H30Cl2N4O.C26H26Cl2N6O2.C26H26Cl2N6O/c1-19(29-25(30)15-32-16-26(29)31)37-23-9-11-28-24(14-23)27(33-34-28)10-8-20-4-6-21(7-5-20)17-36-13-12-22(18-36)35(2)3;1-19-11-13-35(14-12-19)18-22-5-3-21(4-6-22)7-9-27-24-15-23(8-10-28(24)34-33-27)36-20(2)29-25(30)16-32-17-26(29)31;1-16(25-20(27)13-29-14-21(25)28)36-18-6-7-22-19(11-18)26(33-32-22)17-5-8-23(30-12-17)31-24(35)15-34-9-3-2-4-10-34;1-17(26-21(27)15-29-16-22(26)28)35-19-5-7-24-20(13-19)23(31-32-24)6-3-18-4-8-25(30-14-18)34-11-9-33(2)10-12-34/h4-11,14-16,19,22H,12-13,17-18H2,1-3H3,(H,33,34);3-10,15-17,19-20H,11-14,18H2,1-2H3,(H,33,34);5-8,11-14,16H,2-4,9-10,15H2,1H3,(H,32,33)(H,30,31,35);3-8,13-17H,9-12H2,1-2H3,(H,31,32)/b10-8+;9-7+;;6-3+/t19?,22-;;;/m1.../s1. The number of likely N-dealkylation sites (N-methyl/N-ethyl adjacent to an activating group) is 2. The Morgan fingerprint density at radius 1 is 0.410 bits per heavy atom. The Labute approximate surface area is 877 Å². The van der Waals surface area contributed by atoms with Crippen molar-refractivity contribution >= 4 is 190 Å². The van der Waals surface area contributed by atoms with Crippen LogP contribution in [0.5, 0.6) is 23.0 Å². The molecular weight excluding hydrogens is 1980 g/mol. The van der Waals surface area contributed by atoms with Crippen LogP contribution in [-0.2, 0) is 17.9 Å². The highest BCUT2D eigenvalue weighted by Gasteiger charge is 2.28. The molecule has 0 bridgehead atoms. The Balaban J connectivity index is 0.000000132. The normalized spacial score (nSPS) is 16.1. The third-order valence-electron chi connectivity index (χ3n) is 26.3. The SMILES string of the molecule is CC(Oc1ccc2[nH]nc(-c3ccc(NC(=O)CN4CCCCC4)nc3)c2c1)c1c(Cl)cncc1Cl.CC(Oc1ccc2[nH]nc(/C=C/c3ccc(CN4CC[C@@H](N(C)C)C4)cc3)c2c1)c1c(Cl)cncc1Cl.CC(Oc1ccc2[nH]nc(/C=C/c3ccc(N4CCN(C)CC4)nc3)c2c1)c1c(Cl)cncc1Cl.CC1CCN(Cc2ccc(/C=C/c3n[nH]c4ccc(OC(C)c5c(Cl)cncc5Cl)cc34)cc2)CC1. The first-order chi connectivity index (χ1) is 69.8. The number of aromatic amines is 4. The number of carbonyl (C=O) groups excluding carboxylic acids is 1. The molecular formula is C110H113Cl8N21O5. The van der Waals surface area contributed by atoms with E-state index in [1.807, 2.05) is 137 Å². The molecule has 10 aromatic heterocycles. The Bertz CT molecular complexity index is 7080. The summed E-state index contributed by atoms with van der Waals surface area (Å²) in [7, 11) is 6.49. The summed E-state index contributed by atoms with van der Waals surface area (Å²) in [6.45, 7) is 23.1. The summed E-state index contributed by atoms with van der Waals surface area (Å²) in [6.07, 6.45) is 34.4. The molecule has 26 nitrogen and oxygen atoms in total. The summed E-state index contributed by atoms with van der Waals surface area (Å²) < 4.78 is 24.7. The molecule has 6 aromatic carbocycles. The van der Waals surface area contributed by atoms with Gasteiger partial charge in [-0.05, 0) is 256 Å².